The van der Waals surface area contributed by atoms with Gasteiger partial charge in [-0.3, -0.25) is 0 Å². The van der Waals surface area contributed by atoms with Crippen LogP contribution in [0.3, 0.4) is 0 Å². The van der Waals surface area contributed by atoms with E-state index in [-0.39, 0.29) is 11.7 Å². The Labute approximate surface area is 107 Å². The quantitative estimate of drug-likeness (QED) is 0.770. The van der Waals surface area contributed by atoms with Gasteiger partial charge in [-0.15, -0.1) is 0 Å². The summed E-state index contributed by atoms with van der Waals surface area (Å²) in [6.07, 6.45) is -4.34. The van der Waals surface area contributed by atoms with Crippen molar-refractivity contribution in [2.24, 2.45) is 0 Å². The van der Waals surface area contributed by atoms with E-state index in [1.165, 1.54) is 6.07 Å². The fourth-order valence-corrected chi connectivity index (χ4v) is 1.97. The Morgan fingerprint density at radius 3 is 2.47 bits per heavy atom. The standard InChI is InChI=1S/C11H12ClF3OS/c1-7(2)8-3-4-9(10(5-8)17-12)16-6-11(13,14)15/h3-5,7H,6H2,1-2H3. The van der Waals surface area contributed by atoms with E-state index in [9.17, 15) is 13.2 Å². The topological polar surface area (TPSA) is 9.23 Å². The van der Waals surface area contributed by atoms with Crippen LogP contribution in [0, 0.1) is 0 Å². The normalized spacial score (nSPS) is 11.9. The van der Waals surface area contributed by atoms with Gasteiger partial charge in [-0.25, -0.2) is 0 Å². The second kappa shape index (κ2) is 5.87. The molecule has 0 radical (unpaired) electrons. The minimum atomic E-state index is -4.34. The molecule has 0 aliphatic rings. The highest BCUT2D eigenvalue weighted by Crippen LogP contribution is 2.35. The SMILES string of the molecule is CC(C)c1ccc(OCC(F)(F)F)c(SCl)c1. The highest BCUT2D eigenvalue weighted by molar-refractivity contribution is 8.21. The first-order valence-electron chi connectivity index (χ1n) is 4.95. The fraction of sp³-hybridized carbons (Fsp3) is 0.455. The monoisotopic (exact) mass is 284 g/mol. The van der Waals surface area contributed by atoms with Crippen molar-refractivity contribution in [3.63, 3.8) is 0 Å². The molecule has 0 atom stereocenters. The molecule has 6 heteroatoms. The first kappa shape index (κ1) is 14.5. The van der Waals surface area contributed by atoms with Crippen molar-refractivity contribution >= 4 is 21.7 Å². The lowest BCUT2D eigenvalue weighted by molar-refractivity contribution is -0.153. The van der Waals surface area contributed by atoms with E-state index in [1.807, 2.05) is 13.8 Å². The molecule has 1 aromatic rings. The smallest absolute Gasteiger partial charge is 0.422 e. The van der Waals surface area contributed by atoms with Gasteiger partial charge in [0.25, 0.3) is 0 Å². The molecule has 0 N–H and O–H groups in total. The zero-order valence-corrected chi connectivity index (χ0v) is 10.9. The molecule has 0 heterocycles. The number of halogens is 4. The van der Waals surface area contributed by atoms with Crippen LogP contribution in [-0.2, 0) is 0 Å². The highest BCUT2D eigenvalue weighted by Gasteiger charge is 2.28. The number of hydrogen-bond acceptors (Lipinski definition) is 2. The van der Waals surface area contributed by atoms with Crippen molar-refractivity contribution < 1.29 is 17.9 Å². The van der Waals surface area contributed by atoms with E-state index < -0.39 is 12.8 Å². The lowest BCUT2D eigenvalue weighted by atomic mass is 10.0. The number of alkyl halides is 3. The molecule has 1 rings (SSSR count). The maximum Gasteiger partial charge on any atom is 0.422 e. The summed E-state index contributed by atoms with van der Waals surface area (Å²) in [5, 5.41) is 0. The Hall–Kier alpha value is -0.550. The Kier molecular flexibility index (Phi) is 5.01. The first-order valence-corrected chi connectivity index (χ1v) is 6.60. The third-order valence-electron chi connectivity index (χ3n) is 2.11. The summed E-state index contributed by atoms with van der Waals surface area (Å²) in [4.78, 5) is 0.502. The molecule has 1 aromatic carbocycles. The van der Waals surface area contributed by atoms with Crippen molar-refractivity contribution in [3.05, 3.63) is 23.8 Å². The Morgan fingerprint density at radius 1 is 1.35 bits per heavy atom. The van der Waals surface area contributed by atoms with Gasteiger partial charge in [0.1, 0.15) is 5.75 Å². The highest BCUT2D eigenvalue weighted by atomic mass is 35.7. The second-order valence-corrected chi connectivity index (χ2v) is 4.90. The number of hydrogen-bond donors (Lipinski definition) is 0. The molecule has 0 bridgehead atoms. The van der Waals surface area contributed by atoms with Crippen LogP contribution < -0.4 is 4.74 Å². The van der Waals surface area contributed by atoms with E-state index in [0.29, 0.717) is 4.90 Å². The fourth-order valence-electron chi connectivity index (χ4n) is 1.22. The van der Waals surface area contributed by atoms with Gasteiger partial charge in [0.2, 0.25) is 0 Å². The van der Waals surface area contributed by atoms with Crippen LogP contribution in [0.25, 0.3) is 0 Å². The molecule has 0 fully saturated rings. The van der Waals surface area contributed by atoms with Gasteiger partial charge in [-0.05, 0) is 45.3 Å². The maximum absolute atomic E-state index is 12.0. The van der Waals surface area contributed by atoms with E-state index >= 15 is 0 Å². The van der Waals surface area contributed by atoms with Crippen LogP contribution >= 0.6 is 21.7 Å². The predicted molar refractivity (Wildman–Crippen MR) is 63.8 cm³/mol. The summed E-state index contributed by atoms with van der Waals surface area (Å²) >= 11 is 0. The van der Waals surface area contributed by atoms with Gasteiger partial charge in [-0.1, -0.05) is 19.9 Å². The molecule has 0 saturated heterocycles. The van der Waals surface area contributed by atoms with Gasteiger partial charge < -0.3 is 4.74 Å². The van der Waals surface area contributed by atoms with E-state index in [1.54, 1.807) is 12.1 Å². The summed E-state index contributed by atoms with van der Waals surface area (Å²) in [5.74, 6) is 0.445. The molecular formula is C11H12ClF3OS. The molecule has 96 valence electrons. The molecule has 17 heavy (non-hydrogen) atoms. The minimum absolute atomic E-state index is 0.159. The Bertz CT molecular complexity index is 379. The third-order valence-corrected chi connectivity index (χ3v) is 3.09. The van der Waals surface area contributed by atoms with Crippen molar-refractivity contribution in [3.8, 4) is 5.75 Å². The lowest BCUT2D eigenvalue weighted by Crippen LogP contribution is -2.19. The summed E-state index contributed by atoms with van der Waals surface area (Å²) in [6, 6.07) is 5.01. The summed E-state index contributed by atoms with van der Waals surface area (Å²) < 4.78 is 40.8. The van der Waals surface area contributed by atoms with Crippen LogP contribution in [0.4, 0.5) is 13.2 Å². The molecule has 0 aliphatic heterocycles. The predicted octanol–water partition coefficient (Wildman–Crippen LogP) is 5.00. The van der Waals surface area contributed by atoms with E-state index in [0.717, 1.165) is 16.5 Å². The zero-order valence-electron chi connectivity index (χ0n) is 9.34. The van der Waals surface area contributed by atoms with Gasteiger partial charge in [0.15, 0.2) is 6.61 Å². The van der Waals surface area contributed by atoms with Gasteiger partial charge in [-0.2, -0.15) is 13.2 Å². The van der Waals surface area contributed by atoms with E-state index in [2.05, 4.69) is 0 Å². The summed E-state index contributed by atoms with van der Waals surface area (Å²) in [5.41, 5.74) is 1.01. The molecule has 0 spiro atoms. The molecule has 0 aliphatic carbocycles. The zero-order chi connectivity index (χ0) is 13.1. The molecule has 1 nitrogen and oxygen atoms in total. The molecule has 0 aromatic heterocycles. The van der Waals surface area contributed by atoms with Crippen LogP contribution in [-0.4, -0.2) is 12.8 Å². The summed E-state index contributed by atoms with van der Waals surface area (Å²) in [6.45, 7) is 2.68. The number of ether oxygens (including phenoxy) is 1. The Balaban J connectivity index is 2.86. The summed E-state index contributed by atoms with van der Waals surface area (Å²) in [7, 11) is 6.47. The van der Waals surface area contributed by atoms with Crippen molar-refractivity contribution in [1.82, 2.24) is 0 Å². The van der Waals surface area contributed by atoms with Crippen LogP contribution in [0.5, 0.6) is 5.75 Å². The number of benzene rings is 1. The van der Waals surface area contributed by atoms with Crippen molar-refractivity contribution in [2.75, 3.05) is 6.61 Å². The van der Waals surface area contributed by atoms with Gasteiger partial charge in [0.05, 0.1) is 4.90 Å². The molecule has 0 saturated carbocycles. The molecule has 0 unspecified atom stereocenters. The van der Waals surface area contributed by atoms with E-state index in [4.69, 9.17) is 15.4 Å². The lowest BCUT2D eigenvalue weighted by Gasteiger charge is -2.13. The second-order valence-electron chi connectivity index (χ2n) is 3.84. The van der Waals surface area contributed by atoms with Crippen molar-refractivity contribution in [2.45, 2.75) is 30.8 Å². The molecule has 0 amide bonds. The average Bonchev–Trinajstić information content (AvgIpc) is 2.24. The van der Waals surface area contributed by atoms with Gasteiger partial charge >= 0.3 is 6.18 Å². The maximum atomic E-state index is 12.0. The molecular weight excluding hydrogens is 273 g/mol. The number of rotatable bonds is 4. The largest absolute Gasteiger partial charge is 0.483 e. The van der Waals surface area contributed by atoms with Crippen LogP contribution in [0.1, 0.15) is 25.3 Å². The third kappa shape index (κ3) is 4.68. The minimum Gasteiger partial charge on any atom is -0.483 e. The van der Waals surface area contributed by atoms with Crippen LogP contribution in [0.15, 0.2) is 23.1 Å². The van der Waals surface area contributed by atoms with Crippen LogP contribution in [0.2, 0.25) is 0 Å². The Morgan fingerprint density at radius 2 is 2.00 bits per heavy atom. The first-order chi connectivity index (χ1) is 7.83. The average molecular weight is 285 g/mol. The van der Waals surface area contributed by atoms with Crippen molar-refractivity contribution in [1.29, 1.82) is 0 Å². The van der Waals surface area contributed by atoms with Gasteiger partial charge in [0, 0.05) is 0 Å².